The van der Waals surface area contributed by atoms with Crippen LogP contribution in [0.2, 0.25) is 0 Å². The van der Waals surface area contributed by atoms with Gasteiger partial charge in [-0.3, -0.25) is 24.0 Å². The van der Waals surface area contributed by atoms with E-state index in [-0.39, 0.29) is 25.0 Å². The van der Waals surface area contributed by atoms with E-state index in [0.29, 0.717) is 6.42 Å². The Labute approximate surface area is 196 Å². The van der Waals surface area contributed by atoms with Crippen molar-refractivity contribution in [1.82, 2.24) is 16.0 Å². The highest BCUT2D eigenvalue weighted by molar-refractivity contribution is 7.80. The number of nitrogens with two attached hydrogens (primary N) is 2. The molecule has 9 N–H and O–H groups in total. The Morgan fingerprint density at radius 3 is 1.79 bits per heavy atom. The van der Waals surface area contributed by atoms with Crippen LogP contribution in [0.25, 0.3) is 0 Å². The third kappa shape index (κ3) is 11.5. The van der Waals surface area contributed by atoms with Crippen LogP contribution >= 0.6 is 12.6 Å². The van der Waals surface area contributed by atoms with Crippen molar-refractivity contribution in [3.63, 3.8) is 0 Å². The number of carbonyl (C=O) groups is 6. The summed E-state index contributed by atoms with van der Waals surface area (Å²) >= 11 is 3.90. The molecule has 0 rings (SSSR count). The third-order valence-electron chi connectivity index (χ3n) is 4.90. The molecule has 5 atom stereocenters. The molecule has 0 aliphatic rings. The van der Waals surface area contributed by atoms with Gasteiger partial charge in [-0.15, -0.1) is 0 Å². The Hall–Kier alpha value is -2.87. The molecule has 0 saturated carbocycles. The van der Waals surface area contributed by atoms with Crippen LogP contribution in [-0.4, -0.2) is 75.7 Å². The van der Waals surface area contributed by atoms with E-state index in [4.69, 9.17) is 16.6 Å². The van der Waals surface area contributed by atoms with Gasteiger partial charge in [0.05, 0.1) is 6.04 Å². The molecular weight excluding hydrogens is 458 g/mol. The number of carbonyl (C=O) groups excluding carboxylic acids is 4. The van der Waals surface area contributed by atoms with E-state index in [1.165, 1.54) is 0 Å². The van der Waals surface area contributed by atoms with Gasteiger partial charge in [-0.25, -0.2) is 4.79 Å². The predicted octanol–water partition coefficient (Wildman–Crippen LogP) is -2.04. The summed E-state index contributed by atoms with van der Waals surface area (Å²) in [5, 5.41) is 25.3. The summed E-state index contributed by atoms with van der Waals surface area (Å²) in [4.78, 5) is 71.3. The molecule has 0 saturated heterocycles. The van der Waals surface area contributed by atoms with Crippen molar-refractivity contribution >= 4 is 48.2 Å². The molecule has 0 fully saturated rings. The molecule has 0 bridgehead atoms. The number of amides is 4. The van der Waals surface area contributed by atoms with Crippen LogP contribution in [-0.2, 0) is 28.8 Å². The van der Waals surface area contributed by atoms with Gasteiger partial charge < -0.3 is 37.6 Å². The average molecular weight is 492 g/mol. The zero-order valence-electron chi connectivity index (χ0n) is 18.6. The van der Waals surface area contributed by atoms with E-state index < -0.39 is 72.1 Å². The molecular formula is C19H33N5O8S. The molecule has 5 unspecified atom stereocenters. The van der Waals surface area contributed by atoms with Gasteiger partial charge >= 0.3 is 11.9 Å². The van der Waals surface area contributed by atoms with E-state index in [2.05, 4.69) is 28.6 Å². The van der Waals surface area contributed by atoms with Crippen molar-refractivity contribution in [3.05, 3.63) is 0 Å². The van der Waals surface area contributed by atoms with Gasteiger partial charge in [0.15, 0.2) is 0 Å². The van der Waals surface area contributed by atoms with E-state index in [0.717, 1.165) is 0 Å². The molecule has 13 nitrogen and oxygen atoms in total. The molecule has 0 aromatic rings. The van der Waals surface area contributed by atoms with Crippen molar-refractivity contribution in [2.75, 3.05) is 5.75 Å². The van der Waals surface area contributed by atoms with Crippen LogP contribution in [0.1, 0.15) is 46.0 Å². The fourth-order valence-electron chi connectivity index (χ4n) is 2.66. The highest BCUT2D eigenvalue weighted by Crippen LogP contribution is 2.10. The standard InChI is InChI=1S/C19H33N5O8S/c1-3-9(2)15(19(31)32)24-18(30)12(5-7-14(26)27)23-17(29)11(4-6-13(21)25)22-16(28)10(20)8-33/h9-12,15,33H,3-8,20H2,1-2H3,(H2,21,25)(H,22,28)(H,23,29)(H,24,30)(H,26,27)(H,31,32). The first-order valence-electron chi connectivity index (χ1n) is 10.3. The third-order valence-corrected chi connectivity index (χ3v) is 5.30. The fraction of sp³-hybridized carbons (Fsp3) is 0.684. The monoisotopic (exact) mass is 491 g/mol. The summed E-state index contributed by atoms with van der Waals surface area (Å²) in [6, 6.07) is -5.02. The summed E-state index contributed by atoms with van der Waals surface area (Å²) in [6.07, 6.45) is -0.871. The van der Waals surface area contributed by atoms with Crippen LogP contribution in [0.4, 0.5) is 0 Å². The fourth-order valence-corrected chi connectivity index (χ4v) is 2.83. The molecule has 0 aliphatic carbocycles. The van der Waals surface area contributed by atoms with Gasteiger partial charge in [-0.2, -0.15) is 12.6 Å². The zero-order chi connectivity index (χ0) is 25.7. The lowest BCUT2D eigenvalue weighted by atomic mass is 9.98. The molecule has 14 heteroatoms. The van der Waals surface area contributed by atoms with Crippen molar-refractivity contribution in [2.45, 2.75) is 70.1 Å². The van der Waals surface area contributed by atoms with Crippen LogP contribution in [0.5, 0.6) is 0 Å². The molecule has 0 aromatic heterocycles. The number of carboxylic acids is 2. The summed E-state index contributed by atoms with van der Waals surface area (Å²) in [6.45, 7) is 3.35. The predicted molar refractivity (Wildman–Crippen MR) is 120 cm³/mol. The Balaban J connectivity index is 5.63. The number of hydrogen-bond acceptors (Lipinski definition) is 8. The number of aliphatic carboxylic acids is 2. The van der Waals surface area contributed by atoms with E-state index in [1.54, 1.807) is 13.8 Å². The quantitative estimate of drug-likeness (QED) is 0.111. The lowest BCUT2D eigenvalue weighted by Crippen LogP contribution is -2.58. The van der Waals surface area contributed by atoms with Gasteiger partial charge in [0.2, 0.25) is 23.6 Å². The number of rotatable bonds is 16. The summed E-state index contributed by atoms with van der Waals surface area (Å²) in [7, 11) is 0. The summed E-state index contributed by atoms with van der Waals surface area (Å²) in [5.41, 5.74) is 10.7. The van der Waals surface area contributed by atoms with Crippen molar-refractivity contribution in [3.8, 4) is 0 Å². The lowest BCUT2D eigenvalue weighted by Gasteiger charge is -2.26. The first kappa shape index (κ1) is 30.1. The van der Waals surface area contributed by atoms with Crippen LogP contribution in [0.15, 0.2) is 0 Å². The number of carboxylic acid groups (broad SMARTS) is 2. The second-order valence-corrected chi connectivity index (χ2v) is 7.92. The molecule has 0 aromatic carbocycles. The van der Waals surface area contributed by atoms with E-state index >= 15 is 0 Å². The minimum Gasteiger partial charge on any atom is -0.481 e. The maximum Gasteiger partial charge on any atom is 0.326 e. The van der Waals surface area contributed by atoms with E-state index in [1.807, 2.05) is 0 Å². The summed E-state index contributed by atoms with van der Waals surface area (Å²) in [5.74, 6) is -6.24. The van der Waals surface area contributed by atoms with Gasteiger partial charge in [0.1, 0.15) is 18.1 Å². The number of nitrogens with one attached hydrogen (secondary N) is 3. The zero-order valence-corrected chi connectivity index (χ0v) is 19.5. The number of thiol groups is 1. The van der Waals surface area contributed by atoms with E-state index in [9.17, 15) is 33.9 Å². The summed E-state index contributed by atoms with van der Waals surface area (Å²) < 4.78 is 0. The second-order valence-electron chi connectivity index (χ2n) is 7.56. The van der Waals surface area contributed by atoms with Gasteiger partial charge in [-0.05, 0) is 18.8 Å². The molecule has 0 radical (unpaired) electrons. The van der Waals surface area contributed by atoms with Crippen LogP contribution in [0.3, 0.4) is 0 Å². The molecule has 188 valence electrons. The number of primary amides is 1. The van der Waals surface area contributed by atoms with Gasteiger partial charge in [0.25, 0.3) is 0 Å². The largest absolute Gasteiger partial charge is 0.481 e. The molecule has 33 heavy (non-hydrogen) atoms. The van der Waals surface area contributed by atoms with Crippen LogP contribution in [0, 0.1) is 5.92 Å². The Morgan fingerprint density at radius 1 is 0.879 bits per heavy atom. The first-order chi connectivity index (χ1) is 15.3. The Kier molecular flexibility index (Phi) is 13.7. The molecule has 0 aliphatic heterocycles. The average Bonchev–Trinajstić information content (AvgIpc) is 2.75. The smallest absolute Gasteiger partial charge is 0.326 e. The maximum absolute atomic E-state index is 12.8. The molecule has 4 amide bonds. The Morgan fingerprint density at radius 2 is 1.36 bits per heavy atom. The minimum atomic E-state index is -1.41. The first-order valence-corrected chi connectivity index (χ1v) is 11.0. The van der Waals surface area contributed by atoms with Crippen molar-refractivity contribution in [2.24, 2.45) is 17.4 Å². The molecule has 0 heterocycles. The highest BCUT2D eigenvalue weighted by atomic mass is 32.1. The van der Waals surface area contributed by atoms with Gasteiger partial charge in [0, 0.05) is 18.6 Å². The second kappa shape index (κ2) is 15.1. The molecule has 0 spiro atoms. The number of hydrogen-bond donors (Lipinski definition) is 8. The SMILES string of the molecule is CCC(C)C(NC(=O)C(CCC(=O)O)NC(=O)C(CCC(N)=O)NC(=O)C(N)CS)C(=O)O. The van der Waals surface area contributed by atoms with Gasteiger partial charge in [-0.1, -0.05) is 20.3 Å². The topological polar surface area (TPSA) is 231 Å². The van der Waals surface area contributed by atoms with Crippen molar-refractivity contribution in [1.29, 1.82) is 0 Å². The normalized spacial score (nSPS) is 15.3. The van der Waals surface area contributed by atoms with Crippen molar-refractivity contribution < 1.29 is 39.0 Å². The minimum absolute atomic E-state index is 0.0220. The Bertz CT molecular complexity index is 735. The lowest BCUT2D eigenvalue weighted by molar-refractivity contribution is -0.144. The maximum atomic E-state index is 12.8. The highest BCUT2D eigenvalue weighted by Gasteiger charge is 2.32. The van der Waals surface area contributed by atoms with Crippen LogP contribution < -0.4 is 27.4 Å².